The normalized spacial score (nSPS) is 18.0. The Balaban J connectivity index is 1.44. The Kier molecular flexibility index (Phi) is 5.79. The number of benzene rings is 2. The zero-order chi connectivity index (χ0) is 25.7. The van der Waals surface area contributed by atoms with Crippen LogP contribution in [0, 0.1) is 25.5 Å². The predicted octanol–water partition coefficient (Wildman–Crippen LogP) is 6.20. The molecule has 1 aliphatic carbocycles. The summed E-state index contributed by atoms with van der Waals surface area (Å²) < 4.78 is 38.3. The third-order valence-electron chi connectivity index (χ3n) is 7.02. The Morgan fingerprint density at radius 1 is 0.892 bits per heavy atom. The van der Waals surface area contributed by atoms with Crippen molar-refractivity contribution in [3.63, 3.8) is 0 Å². The third-order valence-corrected chi connectivity index (χ3v) is 7.02. The van der Waals surface area contributed by atoms with Crippen molar-refractivity contribution in [2.24, 2.45) is 0 Å². The molecule has 1 saturated carbocycles. The molecule has 0 amide bonds. The van der Waals surface area contributed by atoms with Gasteiger partial charge in [-0.2, -0.15) is 0 Å². The fourth-order valence-corrected chi connectivity index (χ4v) is 5.24. The van der Waals surface area contributed by atoms with Crippen molar-refractivity contribution in [1.82, 2.24) is 24.5 Å². The van der Waals surface area contributed by atoms with E-state index in [1.54, 1.807) is 37.5 Å². The molecule has 0 spiro atoms. The molecular weight excluding hydrogens is 476 g/mol. The van der Waals surface area contributed by atoms with Crippen LogP contribution in [0.2, 0.25) is 0 Å². The van der Waals surface area contributed by atoms with Crippen molar-refractivity contribution in [2.75, 3.05) is 0 Å². The number of fused-ring (bicyclic) bond motifs is 3. The monoisotopic (exact) mass is 501 g/mol. The summed E-state index contributed by atoms with van der Waals surface area (Å²) in [7, 11) is 0. The fourth-order valence-electron chi connectivity index (χ4n) is 5.24. The maximum absolute atomic E-state index is 15.3. The minimum atomic E-state index is -0.630. The summed E-state index contributed by atoms with van der Waals surface area (Å²) in [4.78, 5) is 17.3. The van der Waals surface area contributed by atoms with Gasteiger partial charge in [0.1, 0.15) is 28.7 Å². The minimum Gasteiger partial charge on any atom is -0.424 e. The topological polar surface area (TPSA) is 86.0 Å². The van der Waals surface area contributed by atoms with Gasteiger partial charge in [-0.05, 0) is 63.8 Å². The summed E-state index contributed by atoms with van der Waals surface area (Å²) in [5.74, 6) is -0.153. The summed E-state index contributed by atoms with van der Waals surface area (Å²) >= 11 is 0. The van der Waals surface area contributed by atoms with Crippen LogP contribution in [0.25, 0.3) is 33.1 Å². The molecule has 1 N–H and O–H groups in total. The van der Waals surface area contributed by atoms with Gasteiger partial charge in [0, 0.05) is 46.6 Å². The molecule has 3 heterocycles. The SMILES string of the molecule is Cc1ccnc(Oc2ccc(-c3cc4c(cc3F)ncc3nc(C)n(C5CCC(O)CC5)c34)c(F)c2)n1. The Hall–Kier alpha value is -3.98. The number of hydrogen-bond donors (Lipinski definition) is 1. The number of ether oxygens (including phenoxy) is 1. The average molecular weight is 502 g/mol. The van der Waals surface area contributed by atoms with E-state index in [2.05, 4.69) is 19.5 Å². The van der Waals surface area contributed by atoms with Crippen LogP contribution < -0.4 is 4.74 Å². The van der Waals surface area contributed by atoms with Crippen LogP contribution in [0.1, 0.15) is 43.2 Å². The number of aryl methyl sites for hydroxylation is 2. The van der Waals surface area contributed by atoms with Crippen molar-refractivity contribution in [1.29, 1.82) is 0 Å². The number of pyridine rings is 1. The molecule has 3 aromatic heterocycles. The summed E-state index contributed by atoms with van der Waals surface area (Å²) in [6.45, 7) is 3.75. The molecule has 0 bridgehead atoms. The molecule has 1 aliphatic rings. The molecule has 9 heteroatoms. The number of aromatic nitrogens is 5. The van der Waals surface area contributed by atoms with Gasteiger partial charge in [-0.15, -0.1) is 0 Å². The number of aliphatic hydroxyl groups excluding tert-OH is 1. The van der Waals surface area contributed by atoms with Gasteiger partial charge in [0.2, 0.25) is 0 Å². The summed E-state index contributed by atoms with van der Waals surface area (Å²) in [6.07, 6.45) is 6.03. The van der Waals surface area contributed by atoms with Gasteiger partial charge in [0.25, 0.3) is 0 Å². The number of hydrogen-bond acceptors (Lipinski definition) is 6. The van der Waals surface area contributed by atoms with E-state index < -0.39 is 11.6 Å². The van der Waals surface area contributed by atoms with E-state index in [1.807, 2.05) is 6.92 Å². The van der Waals surface area contributed by atoms with Crippen LogP contribution >= 0.6 is 0 Å². The van der Waals surface area contributed by atoms with E-state index >= 15 is 8.78 Å². The van der Waals surface area contributed by atoms with Gasteiger partial charge in [-0.3, -0.25) is 4.98 Å². The molecule has 188 valence electrons. The molecule has 1 fully saturated rings. The van der Waals surface area contributed by atoms with Crippen molar-refractivity contribution in [2.45, 2.75) is 51.7 Å². The van der Waals surface area contributed by atoms with E-state index in [0.717, 1.165) is 42.7 Å². The molecule has 0 unspecified atom stereocenters. The lowest BCUT2D eigenvalue weighted by molar-refractivity contribution is 0.111. The first-order chi connectivity index (χ1) is 17.9. The van der Waals surface area contributed by atoms with Gasteiger partial charge in [0.05, 0.1) is 23.3 Å². The van der Waals surface area contributed by atoms with Gasteiger partial charge in [-0.1, -0.05) is 0 Å². The van der Waals surface area contributed by atoms with E-state index in [0.29, 0.717) is 16.4 Å². The number of imidazole rings is 1. The second kappa shape index (κ2) is 9.15. The lowest BCUT2D eigenvalue weighted by atomic mass is 9.92. The van der Waals surface area contributed by atoms with E-state index in [9.17, 15) is 5.11 Å². The Morgan fingerprint density at radius 2 is 1.68 bits per heavy atom. The fraction of sp³-hybridized carbons (Fsp3) is 0.286. The second-order valence-corrected chi connectivity index (χ2v) is 9.56. The molecule has 2 aromatic carbocycles. The summed E-state index contributed by atoms with van der Waals surface area (Å²) in [5.41, 5.74) is 2.99. The van der Waals surface area contributed by atoms with Crippen molar-refractivity contribution in [3.05, 3.63) is 71.9 Å². The third kappa shape index (κ3) is 4.29. The predicted molar refractivity (Wildman–Crippen MR) is 135 cm³/mol. The van der Waals surface area contributed by atoms with Gasteiger partial charge in [0.15, 0.2) is 0 Å². The van der Waals surface area contributed by atoms with Crippen LogP contribution in [0.4, 0.5) is 8.78 Å². The van der Waals surface area contributed by atoms with Crippen molar-refractivity contribution < 1.29 is 18.6 Å². The van der Waals surface area contributed by atoms with Gasteiger partial charge in [-0.25, -0.2) is 23.7 Å². The quantitative estimate of drug-likeness (QED) is 0.315. The highest BCUT2D eigenvalue weighted by Crippen LogP contribution is 2.38. The molecule has 7 nitrogen and oxygen atoms in total. The molecule has 5 aromatic rings. The average Bonchev–Trinajstić information content (AvgIpc) is 3.21. The first kappa shape index (κ1) is 23.4. The van der Waals surface area contributed by atoms with Gasteiger partial charge < -0.3 is 14.4 Å². The zero-order valence-electron chi connectivity index (χ0n) is 20.4. The lowest BCUT2D eigenvalue weighted by Crippen LogP contribution is -2.21. The Labute approximate surface area is 211 Å². The number of rotatable bonds is 4. The molecule has 6 rings (SSSR count). The smallest absolute Gasteiger partial charge is 0.322 e. The minimum absolute atomic E-state index is 0.108. The maximum Gasteiger partial charge on any atom is 0.322 e. The van der Waals surface area contributed by atoms with Crippen LogP contribution in [-0.2, 0) is 0 Å². The highest BCUT2D eigenvalue weighted by Gasteiger charge is 2.25. The maximum atomic E-state index is 15.3. The van der Waals surface area contributed by atoms with Crippen LogP contribution in [-0.4, -0.2) is 35.7 Å². The Bertz CT molecular complexity index is 1640. The highest BCUT2D eigenvalue weighted by molar-refractivity contribution is 6.04. The van der Waals surface area contributed by atoms with E-state index in [4.69, 9.17) is 9.72 Å². The molecule has 0 radical (unpaired) electrons. The number of aliphatic hydroxyl groups is 1. The van der Waals surface area contributed by atoms with Gasteiger partial charge >= 0.3 is 6.01 Å². The first-order valence-corrected chi connectivity index (χ1v) is 12.3. The second-order valence-electron chi connectivity index (χ2n) is 9.56. The number of nitrogens with zero attached hydrogens (tertiary/aromatic N) is 5. The molecule has 37 heavy (non-hydrogen) atoms. The zero-order valence-corrected chi connectivity index (χ0v) is 20.4. The summed E-state index contributed by atoms with van der Waals surface area (Å²) in [6, 6.07) is 9.25. The lowest BCUT2D eigenvalue weighted by Gasteiger charge is -2.28. The largest absolute Gasteiger partial charge is 0.424 e. The number of halogens is 2. The Morgan fingerprint density at radius 3 is 2.43 bits per heavy atom. The molecule has 0 aliphatic heterocycles. The summed E-state index contributed by atoms with van der Waals surface area (Å²) in [5, 5.41) is 10.7. The molecular formula is C28H25F2N5O2. The standard InChI is InChI=1S/C28H25F2N5O2/c1-15-9-10-31-28(33-15)37-19-7-8-20(23(29)11-19)21-12-22-25(13-24(21)30)32-14-26-27(22)35(16(2)34-26)17-3-5-18(36)6-4-17/h7-14,17-18,36H,3-6H2,1-2H3. The molecule has 0 saturated heterocycles. The first-order valence-electron chi connectivity index (χ1n) is 12.3. The van der Waals surface area contributed by atoms with Crippen LogP contribution in [0.3, 0.4) is 0 Å². The highest BCUT2D eigenvalue weighted by atomic mass is 19.1. The van der Waals surface area contributed by atoms with Crippen molar-refractivity contribution in [3.8, 4) is 22.9 Å². The van der Waals surface area contributed by atoms with Crippen LogP contribution in [0.15, 0.2) is 48.8 Å². The van der Waals surface area contributed by atoms with Crippen LogP contribution in [0.5, 0.6) is 11.8 Å². The van der Waals surface area contributed by atoms with E-state index in [1.165, 1.54) is 18.2 Å². The van der Waals surface area contributed by atoms with E-state index in [-0.39, 0.29) is 35.0 Å². The van der Waals surface area contributed by atoms with Crippen molar-refractivity contribution >= 4 is 21.9 Å². The molecule has 0 atom stereocenters.